The Balaban J connectivity index is 2.02. The highest BCUT2D eigenvalue weighted by molar-refractivity contribution is 5.89. The third-order valence-electron chi connectivity index (χ3n) is 3.06. The predicted molar refractivity (Wildman–Crippen MR) is 79.3 cm³/mol. The van der Waals surface area contributed by atoms with Gasteiger partial charge in [0.25, 0.3) is 5.89 Å². The summed E-state index contributed by atoms with van der Waals surface area (Å²) in [6.07, 6.45) is 1.08. The summed E-state index contributed by atoms with van der Waals surface area (Å²) >= 11 is 0. The van der Waals surface area contributed by atoms with Crippen molar-refractivity contribution in [3.63, 3.8) is 0 Å². The van der Waals surface area contributed by atoms with E-state index in [1.807, 2.05) is 13.0 Å². The molecule has 0 saturated heterocycles. The normalized spacial score (nSPS) is 12.1. The highest BCUT2D eigenvalue weighted by Gasteiger charge is 2.19. The summed E-state index contributed by atoms with van der Waals surface area (Å²) in [4.78, 5) is 16.4. The average Bonchev–Trinajstić information content (AvgIpc) is 2.97. The molecule has 118 valence electrons. The second kappa shape index (κ2) is 7.70. The number of aromatic nitrogens is 2. The molecular weight excluding hydrogens is 284 g/mol. The number of carbonyl (C=O) groups is 1. The van der Waals surface area contributed by atoms with Gasteiger partial charge in [-0.3, -0.25) is 0 Å². The molecule has 1 aromatic carbocycles. The summed E-state index contributed by atoms with van der Waals surface area (Å²) < 4.78 is 15.5. The summed E-state index contributed by atoms with van der Waals surface area (Å²) in [5.41, 5.74) is 1.38. The molecule has 2 rings (SSSR count). The van der Waals surface area contributed by atoms with Gasteiger partial charge in [-0.05, 0) is 31.0 Å². The summed E-state index contributed by atoms with van der Waals surface area (Å²) in [5.74, 6) is 0.507. The van der Waals surface area contributed by atoms with E-state index in [2.05, 4.69) is 10.1 Å². The molecule has 6 heteroatoms. The van der Waals surface area contributed by atoms with E-state index in [9.17, 15) is 4.79 Å². The van der Waals surface area contributed by atoms with Crippen molar-refractivity contribution in [3.05, 3.63) is 47.1 Å². The molecule has 1 aromatic heterocycles. The Morgan fingerprint density at radius 1 is 1.41 bits per heavy atom. The fraction of sp³-hybridized carbons (Fsp3) is 0.438. The van der Waals surface area contributed by atoms with Crippen molar-refractivity contribution in [2.24, 2.45) is 0 Å². The maximum Gasteiger partial charge on any atom is 0.338 e. The summed E-state index contributed by atoms with van der Waals surface area (Å²) in [6, 6.07) is 7.12. The van der Waals surface area contributed by atoms with Gasteiger partial charge in [0.2, 0.25) is 0 Å². The van der Waals surface area contributed by atoms with Gasteiger partial charge in [-0.2, -0.15) is 4.98 Å². The Labute approximate surface area is 129 Å². The van der Waals surface area contributed by atoms with Crippen molar-refractivity contribution >= 4 is 5.97 Å². The van der Waals surface area contributed by atoms with Crippen LogP contribution in [0.1, 0.15) is 54.0 Å². The predicted octanol–water partition coefficient (Wildman–Crippen LogP) is 3.09. The molecule has 1 unspecified atom stereocenters. The van der Waals surface area contributed by atoms with Gasteiger partial charge in [0.1, 0.15) is 0 Å². The molecule has 0 bridgehead atoms. The number of benzene rings is 1. The number of hydrogen-bond donors (Lipinski definition) is 0. The largest absolute Gasteiger partial charge is 0.449 e. The minimum Gasteiger partial charge on any atom is -0.449 e. The summed E-state index contributed by atoms with van der Waals surface area (Å²) in [7, 11) is 1.61. The highest BCUT2D eigenvalue weighted by Crippen LogP contribution is 2.18. The van der Waals surface area contributed by atoms with Crippen LogP contribution in [-0.2, 0) is 22.5 Å². The van der Waals surface area contributed by atoms with Gasteiger partial charge in [-0.15, -0.1) is 0 Å². The van der Waals surface area contributed by atoms with Gasteiger partial charge in [-0.1, -0.05) is 24.2 Å². The van der Waals surface area contributed by atoms with Crippen LogP contribution in [0, 0.1) is 0 Å². The zero-order chi connectivity index (χ0) is 15.9. The number of hydrogen-bond acceptors (Lipinski definition) is 6. The van der Waals surface area contributed by atoms with E-state index in [1.54, 1.807) is 32.2 Å². The highest BCUT2D eigenvalue weighted by atomic mass is 16.6. The molecule has 0 saturated carbocycles. The Morgan fingerprint density at radius 3 is 2.95 bits per heavy atom. The second-order valence-electron chi connectivity index (χ2n) is 4.98. The molecule has 2 aromatic rings. The fourth-order valence-corrected chi connectivity index (χ4v) is 1.99. The van der Waals surface area contributed by atoms with Gasteiger partial charge < -0.3 is 14.0 Å². The Bertz CT molecular complexity index is 624. The molecule has 0 radical (unpaired) electrons. The van der Waals surface area contributed by atoms with Gasteiger partial charge in [0, 0.05) is 13.5 Å². The monoisotopic (exact) mass is 304 g/mol. The molecule has 0 aliphatic heterocycles. The minimum atomic E-state index is -0.586. The minimum absolute atomic E-state index is 0.310. The van der Waals surface area contributed by atoms with E-state index in [0.29, 0.717) is 23.9 Å². The Hall–Kier alpha value is -2.21. The number of ether oxygens (including phenoxy) is 2. The Morgan fingerprint density at radius 2 is 2.23 bits per heavy atom. The molecule has 0 aliphatic carbocycles. The lowest BCUT2D eigenvalue weighted by Crippen LogP contribution is -2.10. The van der Waals surface area contributed by atoms with Crippen molar-refractivity contribution < 1.29 is 18.8 Å². The lowest BCUT2D eigenvalue weighted by atomic mass is 10.1. The number of aryl methyl sites for hydroxylation is 1. The van der Waals surface area contributed by atoms with E-state index < -0.39 is 12.1 Å². The molecule has 0 fully saturated rings. The third-order valence-corrected chi connectivity index (χ3v) is 3.06. The van der Waals surface area contributed by atoms with E-state index in [4.69, 9.17) is 14.0 Å². The van der Waals surface area contributed by atoms with Gasteiger partial charge >= 0.3 is 5.97 Å². The maximum absolute atomic E-state index is 12.2. The molecule has 1 heterocycles. The van der Waals surface area contributed by atoms with Gasteiger partial charge in [0.15, 0.2) is 11.9 Å². The van der Waals surface area contributed by atoms with Crippen LogP contribution in [-0.4, -0.2) is 23.2 Å². The van der Waals surface area contributed by atoms with Crippen LogP contribution in [0.15, 0.2) is 28.8 Å². The first-order valence-electron chi connectivity index (χ1n) is 7.25. The van der Waals surface area contributed by atoms with Crippen LogP contribution in [0.4, 0.5) is 0 Å². The number of esters is 1. The van der Waals surface area contributed by atoms with Crippen molar-refractivity contribution in [1.82, 2.24) is 10.1 Å². The van der Waals surface area contributed by atoms with E-state index >= 15 is 0 Å². The number of methoxy groups -OCH3 is 1. The van der Waals surface area contributed by atoms with E-state index in [1.165, 1.54) is 0 Å². The van der Waals surface area contributed by atoms with E-state index in [-0.39, 0.29) is 0 Å². The van der Waals surface area contributed by atoms with Crippen LogP contribution >= 0.6 is 0 Å². The van der Waals surface area contributed by atoms with Crippen LogP contribution < -0.4 is 0 Å². The zero-order valence-corrected chi connectivity index (χ0v) is 13.0. The molecular formula is C16H20N2O4. The van der Waals surface area contributed by atoms with Crippen LogP contribution in [0.2, 0.25) is 0 Å². The zero-order valence-electron chi connectivity index (χ0n) is 13.0. The van der Waals surface area contributed by atoms with Crippen molar-refractivity contribution in [2.45, 2.75) is 39.4 Å². The third kappa shape index (κ3) is 4.14. The molecule has 0 N–H and O–H groups in total. The molecule has 1 atom stereocenters. The smallest absolute Gasteiger partial charge is 0.338 e. The molecule has 6 nitrogen and oxygen atoms in total. The van der Waals surface area contributed by atoms with E-state index in [0.717, 1.165) is 18.4 Å². The summed E-state index contributed by atoms with van der Waals surface area (Å²) in [6.45, 7) is 4.19. The lowest BCUT2D eigenvalue weighted by molar-refractivity contribution is 0.0265. The standard InChI is InChI=1S/C16H20N2O4/c1-4-6-14-17-15(22-18-14)11(2)21-16(19)13-8-5-7-12(9-13)10-20-3/h5,7-9,11H,4,6,10H2,1-3H3. The first-order chi connectivity index (χ1) is 10.6. The Kier molecular flexibility index (Phi) is 5.66. The molecule has 0 aliphatic rings. The van der Waals surface area contributed by atoms with Gasteiger partial charge in [-0.25, -0.2) is 4.79 Å². The van der Waals surface area contributed by atoms with Crippen LogP contribution in [0.25, 0.3) is 0 Å². The first-order valence-corrected chi connectivity index (χ1v) is 7.25. The van der Waals surface area contributed by atoms with Crippen molar-refractivity contribution in [2.75, 3.05) is 7.11 Å². The van der Waals surface area contributed by atoms with Crippen molar-refractivity contribution in [3.8, 4) is 0 Å². The summed E-state index contributed by atoms with van der Waals surface area (Å²) in [5, 5.41) is 3.85. The average molecular weight is 304 g/mol. The number of rotatable bonds is 7. The number of carbonyl (C=O) groups excluding carboxylic acids is 1. The molecule has 22 heavy (non-hydrogen) atoms. The van der Waals surface area contributed by atoms with Crippen molar-refractivity contribution in [1.29, 1.82) is 0 Å². The molecule has 0 spiro atoms. The lowest BCUT2D eigenvalue weighted by Gasteiger charge is -2.10. The number of nitrogens with zero attached hydrogens (tertiary/aromatic N) is 2. The maximum atomic E-state index is 12.2. The second-order valence-corrected chi connectivity index (χ2v) is 4.98. The SMILES string of the molecule is CCCc1noc(C(C)OC(=O)c2cccc(COC)c2)n1. The first kappa shape index (κ1) is 16.2. The van der Waals surface area contributed by atoms with Crippen LogP contribution in [0.5, 0.6) is 0 Å². The molecule has 0 amide bonds. The quantitative estimate of drug-likeness (QED) is 0.732. The van der Waals surface area contributed by atoms with Crippen LogP contribution in [0.3, 0.4) is 0 Å². The fourth-order valence-electron chi connectivity index (χ4n) is 1.99. The topological polar surface area (TPSA) is 74.5 Å². The van der Waals surface area contributed by atoms with Gasteiger partial charge in [0.05, 0.1) is 12.2 Å².